The molecule has 1 N–H and O–H groups in total. The first-order valence-corrected chi connectivity index (χ1v) is 8.30. The van der Waals surface area contributed by atoms with Crippen molar-refractivity contribution < 1.29 is 0 Å². The Morgan fingerprint density at radius 3 is 1.88 bits per heavy atom. The molecule has 0 saturated carbocycles. The number of H-pyrrole nitrogens is 1. The van der Waals surface area contributed by atoms with Crippen LogP contribution in [-0.2, 0) is 12.8 Å². The van der Waals surface area contributed by atoms with E-state index in [1.165, 1.54) is 11.1 Å². The predicted octanol–water partition coefficient (Wildman–Crippen LogP) is 4.05. The second-order valence-corrected chi connectivity index (χ2v) is 5.96. The number of benzene rings is 2. The van der Waals surface area contributed by atoms with E-state index in [-0.39, 0.29) is 0 Å². The highest BCUT2D eigenvalue weighted by atomic mass is 14.9. The topological polar surface area (TPSA) is 54.5 Å². The van der Waals surface area contributed by atoms with Gasteiger partial charge in [0.05, 0.1) is 11.9 Å². The lowest BCUT2D eigenvalue weighted by Gasteiger charge is -2.02. The van der Waals surface area contributed by atoms with Crippen LogP contribution in [0.4, 0.5) is 0 Å². The number of aromatic nitrogens is 4. The van der Waals surface area contributed by atoms with Crippen LogP contribution in [0, 0.1) is 0 Å². The summed E-state index contributed by atoms with van der Waals surface area (Å²) in [5, 5.41) is 0. The Labute approximate surface area is 146 Å². The largest absolute Gasteiger partial charge is 0.342 e. The second-order valence-electron chi connectivity index (χ2n) is 5.96. The highest BCUT2D eigenvalue weighted by Gasteiger charge is 2.06. The van der Waals surface area contributed by atoms with Crippen molar-refractivity contribution in [3.8, 4) is 11.3 Å². The van der Waals surface area contributed by atoms with Crippen LogP contribution < -0.4 is 0 Å². The lowest BCUT2D eigenvalue weighted by atomic mass is 10.1. The average molecular weight is 326 g/mol. The molecule has 122 valence electrons. The van der Waals surface area contributed by atoms with E-state index in [1.54, 1.807) is 0 Å². The number of imidazole rings is 1. The maximum Gasteiger partial charge on any atom is 0.132 e. The van der Waals surface area contributed by atoms with Crippen molar-refractivity contribution in [2.75, 3.05) is 0 Å². The standard InChI is InChI=1S/C21H18N4/c1-3-7-16(8-4-1)11-20-22-13-18(14-23-20)19-15-24-21(25-19)12-17-9-5-2-6-10-17/h1-10,13-15H,11-12H2,(H,24,25). The number of nitrogens with one attached hydrogen (secondary N) is 1. The Balaban J connectivity index is 1.47. The van der Waals surface area contributed by atoms with Gasteiger partial charge in [-0.15, -0.1) is 0 Å². The minimum absolute atomic E-state index is 0.739. The molecule has 0 fully saturated rings. The van der Waals surface area contributed by atoms with Gasteiger partial charge in [0.1, 0.15) is 11.6 Å². The molecule has 2 aromatic carbocycles. The monoisotopic (exact) mass is 326 g/mol. The first-order chi connectivity index (χ1) is 12.4. The summed E-state index contributed by atoms with van der Waals surface area (Å²) in [6, 6.07) is 20.5. The number of hydrogen-bond acceptors (Lipinski definition) is 3. The molecule has 0 unspecified atom stereocenters. The van der Waals surface area contributed by atoms with Crippen LogP contribution >= 0.6 is 0 Å². The van der Waals surface area contributed by atoms with Crippen LogP contribution in [0.2, 0.25) is 0 Å². The van der Waals surface area contributed by atoms with Gasteiger partial charge in [0, 0.05) is 30.8 Å². The van der Waals surface area contributed by atoms with Crippen molar-refractivity contribution >= 4 is 0 Å². The van der Waals surface area contributed by atoms with Crippen molar-refractivity contribution in [1.29, 1.82) is 0 Å². The van der Waals surface area contributed by atoms with E-state index in [0.717, 1.165) is 35.7 Å². The van der Waals surface area contributed by atoms with Crippen LogP contribution in [0.3, 0.4) is 0 Å². The summed E-state index contributed by atoms with van der Waals surface area (Å²) in [6.45, 7) is 0. The van der Waals surface area contributed by atoms with E-state index in [0.29, 0.717) is 0 Å². The fraction of sp³-hybridized carbons (Fsp3) is 0.0952. The highest BCUT2D eigenvalue weighted by molar-refractivity contribution is 5.55. The summed E-state index contributed by atoms with van der Waals surface area (Å²) in [5.41, 5.74) is 4.33. The Morgan fingerprint density at radius 1 is 0.640 bits per heavy atom. The van der Waals surface area contributed by atoms with Crippen LogP contribution in [0.25, 0.3) is 11.3 Å². The third-order valence-electron chi connectivity index (χ3n) is 4.06. The molecule has 0 bridgehead atoms. The number of nitrogens with zero attached hydrogens (tertiary/aromatic N) is 3. The molecule has 0 atom stereocenters. The van der Waals surface area contributed by atoms with Gasteiger partial charge in [0.15, 0.2) is 0 Å². The zero-order valence-electron chi connectivity index (χ0n) is 13.8. The molecular formula is C21H18N4. The molecule has 0 amide bonds. The van der Waals surface area contributed by atoms with Gasteiger partial charge in [0.25, 0.3) is 0 Å². The maximum absolute atomic E-state index is 4.48. The summed E-state index contributed by atoms with van der Waals surface area (Å²) < 4.78 is 0. The van der Waals surface area contributed by atoms with E-state index in [4.69, 9.17) is 0 Å². The van der Waals surface area contributed by atoms with E-state index >= 15 is 0 Å². The molecule has 0 saturated heterocycles. The number of aromatic amines is 1. The minimum Gasteiger partial charge on any atom is -0.342 e. The first kappa shape index (κ1) is 15.3. The summed E-state index contributed by atoms with van der Waals surface area (Å²) in [7, 11) is 0. The number of rotatable bonds is 5. The lowest BCUT2D eigenvalue weighted by molar-refractivity contribution is 0.967. The third-order valence-corrected chi connectivity index (χ3v) is 4.06. The molecule has 2 aromatic heterocycles. The van der Waals surface area contributed by atoms with Crippen LogP contribution in [0.1, 0.15) is 22.8 Å². The molecule has 2 heterocycles. The molecule has 4 aromatic rings. The summed E-state index contributed by atoms with van der Waals surface area (Å²) >= 11 is 0. The van der Waals surface area contributed by atoms with Gasteiger partial charge in [-0.3, -0.25) is 0 Å². The van der Waals surface area contributed by atoms with Crippen LogP contribution in [0.15, 0.2) is 79.3 Å². The second kappa shape index (κ2) is 7.09. The van der Waals surface area contributed by atoms with Gasteiger partial charge in [-0.05, 0) is 11.1 Å². The maximum atomic E-state index is 4.48. The zero-order chi connectivity index (χ0) is 16.9. The highest BCUT2D eigenvalue weighted by Crippen LogP contribution is 2.17. The Hall–Kier alpha value is -3.27. The molecule has 0 aliphatic carbocycles. The van der Waals surface area contributed by atoms with Gasteiger partial charge in [-0.2, -0.15) is 0 Å². The molecule has 0 spiro atoms. The molecule has 4 heteroatoms. The van der Waals surface area contributed by atoms with Gasteiger partial charge < -0.3 is 4.98 Å². The SMILES string of the molecule is c1ccc(Cc2ncc(-c3cnc(Cc4ccccc4)[nH]3)cn2)cc1. The molecular weight excluding hydrogens is 308 g/mol. The predicted molar refractivity (Wildman–Crippen MR) is 98.1 cm³/mol. The summed E-state index contributed by atoms with van der Waals surface area (Å²) in [6.07, 6.45) is 7.07. The zero-order valence-corrected chi connectivity index (χ0v) is 13.8. The smallest absolute Gasteiger partial charge is 0.132 e. The van der Waals surface area contributed by atoms with Crippen molar-refractivity contribution in [2.24, 2.45) is 0 Å². The first-order valence-electron chi connectivity index (χ1n) is 8.30. The fourth-order valence-electron chi connectivity index (χ4n) is 2.75. The summed E-state index contributed by atoms with van der Waals surface area (Å²) in [5.74, 6) is 1.76. The van der Waals surface area contributed by atoms with Gasteiger partial charge >= 0.3 is 0 Å². The van der Waals surface area contributed by atoms with Crippen LogP contribution in [0.5, 0.6) is 0 Å². The molecule has 0 radical (unpaired) electrons. The quantitative estimate of drug-likeness (QED) is 0.602. The molecule has 0 aliphatic heterocycles. The van der Waals surface area contributed by atoms with Crippen molar-refractivity contribution in [3.05, 3.63) is 102 Å². The van der Waals surface area contributed by atoms with Crippen molar-refractivity contribution in [3.63, 3.8) is 0 Å². The number of hydrogen-bond donors (Lipinski definition) is 1. The average Bonchev–Trinajstić information content (AvgIpc) is 3.12. The molecule has 25 heavy (non-hydrogen) atoms. The summed E-state index contributed by atoms with van der Waals surface area (Å²) in [4.78, 5) is 16.8. The van der Waals surface area contributed by atoms with E-state index in [1.807, 2.05) is 55.0 Å². The molecule has 4 nitrogen and oxygen atoms in total. The Morgan fingerprint density at radius 2 is 1.24 bits per heavy atom. The van der Waals surface area contributed by atoms with E-state index < -0.39 is 0 Å². The van der Waals surface area contributed by atoms with Crippen LogP contribution in [-0.4, -0.2) is 19.9 Å². The Kier molecular flexibility index (Phi) is 4.33. The van der Waals surface area contributed by atoms with Crippen molar-refractivity contribution in [2.45, 2.75) is 12.8 Å². The van der Waals surface area contributed by atoms with Gasteiger partial charge in [0.2, 0.25) is 0 Å². The fourth-order valence-corrected chi connectivity index (χ4v) is 2.75. The normalized spacial score (nSPS) is 10.7. The van der Waals surface area contributed by atoms with Crippen molar-refractivity contribution in [1.82, 2.24) is 19.9 Å². The van der Waals surface area contributed by atoms with E-state index in [9.17, 15) is 0 Å². The third kappa shape index (κ3) is 3.80. The molecule has 0 aliphatic rings. The van der Waals surface area contributed by atoms with E-state index in [2.05, 4.69) is 44.2 Å². The lowest BCUT2D eigenvalue weighted by Crippen LogP contribution is -1.96. The Bertz CT molecular complexity index is 929. The minimum atomic E-state index is 0.739. The molecule has 4 rings (SSSR count). The van der Waals surface area contributed by atoms with Gasteiger partial charge in [-0.25, -0.2) is 15.0 Å². The van der Waals surface area contributed by atoms with Gasteiger partial charge in [-0.1, -0.05) is 60.7 Å².